The molecule has 0 spiro atoms. The van der Waals surface area contributed by atoms with E-state index < -0.39 is 5.97 Å². The van der Waals surface area contributed by atoms with Gasteiger partial charge in [-0.2, -0.15) is 0 Å². The Balaban J connectivity index is 2.69. The van der Waals surface area contributed by atoms with Gasteiger partial charge in [0.15, 0.2) is 10.5 Å². The molecule has 1 heterocycles. The number of aryl methyl sites for hydroxylation is 1. The van der Waals surface area contributed by atoms with Gasteiger partial charge >= 0.3 is 5.97 Å². The number of benzene rings is 1. The monoisotopic (exact) mass is 234 g/mol. The third-order valence-electron chi connectivity index (χ3n) is 2.36. The van der Waals surface area contributed by atoms with Gasteiger partial charge in [0.25, 0.3) is 0 Å². The number of hydrogen-bond donors (Lipinski definition) is 3. The van der Waals surface area contributed by atoms with E-state index >= 15 is 0 Å². The number of H-pyrrole nitrogens is 2. The number of aromatic nitrogens is 2. The van der Waals surface area contributed by atoms with Gasteiger partial charge < -0.3 is 15.1 Å². The summed E-state index contributed by atoms with van der Waals surface area (Å²) in [6.07, 6.45) is 0. The van der Waals surface area contributed by atoms with Crippen LogP contribution in [0.4, 0.5) is 0 Å². The van der Waals surface area contributed by atoms with Crippen molar-refractivity contribution in [3.05, 3.63) is 40.3 Å². The molecule has 0 aliphatic heterocycles. The molecular weight excluding hydrogens is 224 g/mol. The van der Waals surface area contributed by atoms with Gasteiger partial charge in [-0.15, -0.1) is 0 Å². The lowest BCUT2D eigenvalue weighted by Crippen LogP contribution is -1.99. The van der Waals surface area contributed by atoms with E-state index in [4.69, 9.17) is 17.3 Å². The van der Waals surface area contributed by atoms with Crippen molar-refractivity contribution in [2.24, 2.45) is 0 Å². The summed E-state index contributed by atoms with van der Waals surface area (Å²) in [6.45, 7) is 1.92. The van der Waals surface area contributed by atoms with Crippen molar-refractivity contribution in [1.29, 1.82) is 0 Å². The molecule has 0 aliphatic carbocycles. The van der Waals surface area contributed by atoms with Crippen LogP contribution >= 0.6 is 12.2 Å². The molecule has 16 heavy (non-hydrogen) atoms. The zero-order valence-corrected chi connectivity index (χ0v) is 9.39. The van der Waals surface area contributed by atoms with Gasteiger partial charge in [-0.25, -0.2) is 4.79 Å². The second-order valence-corrected chi connectivity index (χ2v) is 3.86. The maximum atomic E-state index is 11.0. The molecule has 3 N–H and O–H groups in total. The molecule has 0 fully saturated rings. The van der Waals surface area contributed by atoms with Crippen LogP contribution in [0.15, 0.2) is 24.3 Å². The van der Waals surface area contributed by atoms with Crippen LogP contribution in [0, 0.1) is 11.7 Å². The number of hydrogen-bond acceptors (Lipinski definition) is 2. The third-order valence-corrected chi connectivity index (χ3v) is 2.56. The highest BCUT2D eigenvalue weighted by molar-refractivity contribution is 7.71. The summed E-state index contributed by atoms with van der Waals surface area (Å²) < 4.78 is 0.315. The predicted octanol–water partition coefficient (Wildman–Crippen LogP) is 2.75. The van der Waals surface area contributed by atoms with Crippen LogP contribution in [0.3, 0.4) is 0 Å². The lowest BCUT2D eigenvalue weighted by atomic mass is 10.0. The molecule has 0 radical (unpaired) electrons. The molecule has 82 valence electrons. The molecule has 4 nitrogen and oxygen atoms in total. The Hall–Kier alpha value is -1.88. The smallest absolute Gasteiger partial charge is 0.354 e. The van der Waals surface area contributed by atoms with Gasteiger partial charge in [0.1, 0.15) is 0 Å². The standard InChI is InChI=1S/C11H10N2O2S/c1-6-4-2-3-5-7(6)8-9(10(14)15)13-11(16)12-8/h2-5H,1H3,(H,14,15)(H2,12,13,16). The molecule has 1 aromatic heterocycles. The van der Waals surface area contributed by atoms with E-state index in [9.17, 15) is 4.79 Å². The maximum absolute atomic E-state index is 11.0. The molecule has 0 bridgehead atoms. The number of carboxylic acid groups (broad SMARTS) is 1. The number of nitrogens with one attached hydrogen (secondary N) is 2. The molecule has 0 saturated carbocycles. The van der Waals surface area contributed by atoms with Gasteiger partial charge in [0.2, 0.25) is 0 Å². The van der Waals surface area contributed by atoms with Crippen molar-refractivity contribution < 1.29 is 9.90 Å². The average Bonchev–Trinajstić information content (AvgIpc) is 2.61. The van der Waals surface area contributed by atoms with Crippen molar-refractivity contribution in [1.82, 2.24) is 9.97 Å². The van der Waals surface area contributed by atoms with Gasteiger partial charge in [-0.1, -0.05) is 24.3 Å². The lowest BCUT2D eigenvalue weighted by Gasteiger charge is -2.03. The van der Waals surface area contributed by atoms with E-state index in [1.807, 2.05) is 31.2 Å². The summed E-state index contributed by atoms with van der Waals surface area (Å²) >= 11 is 4.91. The molecule has 0 atom stereocenters. The van der Waals surface area contributed by atoms with Crippen molar-refractivity contribution in [3.8, 4) is 11.3 Å². The normalized spacial score (nSPS) is 10.3. The Bertz CT molecular complexity index is 598. The average molecular weight is 234 g/mol. The van der Waals surface area contributed by atoms with E-state index in [2.05, 4.69) is 9.97 Å². The Labute approximate surface area is 97.0 Å². The highest BCUT2D eigenvalue weighted by atomic mass is 32.1. The SMILES string of the molecule is Cc1ccccc1-c1[nH]c(=S)[nH]c1C(=O)O. The van der Waals surface area contributed by atoms with Crippen LogP contribution < -0.4 is 0 Å². The van der Waals surface area contributed by atoms with Gasteiger partial charge in [-0.3, -0.25) is 0 Å². The first kappa shape index (κ1) is 10.6. The Kier molecular flexibility index (Phi) is 2.62. The largest absolute Gasteiger partial charge is 0.477 e. The summed E-state index contributed by atoms with van der Waals surface area (Å²) in [5.41, 5.74) is 2.46. The molecule has 0 saturated heterocycles. The van der Waals surface area contributed by atoms with Crippen LogP contribution in [0.25, 0.3) is 11.3 Å². The zero-order chi connectivity index (χ0) is 11.7. The number of aromatic carboxylic acids is 1. The molecule has 0 aliphatic rings. The summed E-state index contributed by atoms with van der Waals surface area (Å²) in [5.74, 6) is -1.02. The fraction of sp³-hybridized carbons (Fsp3) is 0.0909. The van der Waals surface area contributed by atoms with Gasteiger partial charge in [-0.05, 0) is 24.7 Å². The van der Waals surface area contributed by atoms with Crippen LogP contribution in [-0.4, -0.2) is 21.0 Å². The number of aromatic amines is 2. The first-order valence-electron chi connectivity index (χ1n) is 4.71. The number of carbonyl (C=O) groups is 1. The first-order valence-corrected chi connectivity index (χ1v) is 5.12. The lowest BCUT2D eigenvalue weighted by molar-refractivity contribution is 0.0692. The second-order valence-electron chi connectivity index (χ2n) is 3.45. The van der Waals surface area contributed by atoms with Crippen LogP contribution in [0.2, 0.25) is 0 Å². The van der Waals surface area contributed by atoms with Gasteiger partial charge in [0.05, 0.1) is 5.69 Å². The number of imidazole rings is 1. The van der Waals surface area contributed by atoms with E-state index in [-0.39, 0.29) is 5.69 Å². The van der Waals surface area contributed by atoms with Crippen molar-refractivity contribution in [3.63, 3.8) is 0 Å². The summed E-state index contributed by atoms with van der Waals surface area (Å²) in [7, 11) is 0. The Morgan fingerprint density at radius 3 is 2.62 bits per heavy atom. The highest BCUT2D eigenvalue weighted by Gasteiger charge is 2.15. The molecule has 2 rings (SSSR count). The first-order chi connectivity index (χ1) is 7.59. The predicted molar refractivity (Wildman–Crippen MR) is 63.1 cm³/mol. The quantitative estimate of drug-likeness (QED) is 0.700. The van der Waals surface area contributed by atoms with E-state index in [1.165, 1.54) is 0 Å². The summed E-state index contributed by atoms with van der Waals surface area (Å²) in [6, 6.07) is 7.54. The maximum Gasteiger partial charge on any atom is 0.354 e. The van der Waals surface area contributed by atoms with Crippen LogP contribution in [0.1, 0.15) is 16.1 Å². The number of rotatable bonds is 2. The zero-order valence-electron chi connectivity index (χ0n) is 8.57. The van der Waals surface area contributed by atoms with Gasteiger partial charge in [0, 0.05) is 5.56 Å². The van der Waals surface area contributed by atoms with Crippen molar-refractivity contribution in [2.75, 3.05) is 0 Å². The minimum atomic E-state index is -1.02. The molecule has 5 heteroatoms. The molecule has 2 aromatic rings. The molecule has 1 aromatic carbocycles. The fourth-order valence-electron chi connectivity index (χ4n) is 1.60. The minimum Gasteiger partial charge on any atom is -0.477 e. The second kappa shape index (κ2) is 3.94. The fourth-order valence-corrected chi connectivity index (χ4v) is 1.80. The molecule has 0 unspecified atom stereocenters. The number of carboxylic acids is 1. The Morgan fingerprint density at radius 2 is 2.00 bits per heavy atom. The minimum absolute atomic E-state index is 0.0966. The van der Waals surface area contributed by atoms with E-state index in [1.54, 1.807) is 0 Å². The summed E-state index contributed by atoms with van der Waals surface area (Å²) in [5, 5.41) is 9.03. The van der Waals surface area contributed by atoms with Crippen LogP contribution in [0.5, 0.6) is 0 Å². The summed E-state index contributed by atoms with van der Waals surface area (Å²) in [4.78, 5) is 16.5. The van der Waals surface area contributed by atoms with Crippen molar-refractivity contribution in [2.45, 2.75) is 6.92 Å². The molecular formula is C11H10N2O2S. The van der Waals surface area contributed by atoms with E-state index in [0.717, 1.165) is 11.1 Å². The van der Waals surface area contributed by atoms with E-state index in [0.29, 0.717) is 10.5 Å². The topological polar surface area (TPSA) is 68.9 Å². The van der Waals surface area contributed by atoms with Crippen molar-refractivity contribution >= 4 is 18.2 Å². The van der Waals surface area contributed by atoms with Crippen LogP contribution in [-0.2, 0) is 0 Å². The Morgan fingerprint density at radius 1 is 1.31 bits per heavy atom. The third kappa shape index (κ3) is 1.77. The highest BCUT2D eigenvalue weighted by Crippen LogP contribution is 2.24. The molecule has 0 amide bonds.